The van der Waals surface area contributed by atoms with Crippen molar-refractivity contribution in [2.75, 3.05) is 12.4 Å². The van der Waals surface area contributed by atoms with Gasteiger partial charge in [0.15, 0.2) is 5.82 Å². The van der Waals surface area contributed by atoms with Gasteiger partial charge in [-0.1, -0.05) is 6.07 Å². The van der Waals surface area contributed by atoms with Gasteiger partial charge in [0.1, 0.15) is 17.3 Å². The number of nitrogens with zero attached hydrogens (tertiary/aromatic N) is 3. The summed E-state index contributed by atoms with van der Waals surface area (Å²) in [7, 11) is 1.60. The second-order valence-electron chi connectivity index (χ2n) is 5.64. The van der Waals surface area contributed by atoms with E-state index in [2.05, 4.69) is 19.7 Å². The van der Waals surface area contributed by atoms with Crippen LogP contribution in [0.2, 0.25) is 0 Å². The first-order valence-electron chi connectivity index (χ1n) is 7.98. The monoisotopic (exact) mass is 380 g/mol. The van der Waals surface area contributed by atoms with E-state index in [-0.39, 0.29) is 17.4 Å². The van der Waals surface area contributed by atoms with E-state index < -0.39 is 0 Å². The third kappa shape index (κ3) is 3.61. The number of amides is 1. The Morgan fingerprint density at radius 2 is 1.89 bits per heavy atom. The number of methoxy groups -OCH3 is 1. The minimum absolute atomic E-state index is 0.270. The van der Waals surface area contributed by atoms with Gasteiger partial charge in [-0.2, -0.15) is 9.36 Å². The highest BCUT2D eigenvalue weighted by Crippen LogP contribution is 2.23. The normalized spacial score (nSPS) is 10.7. The lowest BCUT2D eigenvalue weighted by molar-refractivity contribution is 0.102. The maximum Gasteiger partial charge on any atom is 0.276 e. The Labute approximate surface area is 157 Å². The molecule has 0 fully saturated rings. The van der Waals surface area contributed by atoms with Crippen LogP contribution in [0.1, 0.15) is 10.5 Å². The molecule has 134 valence electrons. The zero-order chi connectivity index (χ0) is 18.8. The molecule has 4 rings (SSSR count). The number of rotatable bonds is 4. The van der Waals surface area contributed by atoms with E-state index in [1.165, 1.54) is 12.1 Å². The molecule has 0 saturated carbocycles. The predicted molar refractivity (Wildman–Crippen MR) is 102 cm³/mol. The fourth-order valence-electron chi connectivity index (χ4n) is 2.51. The highest BCUT2D eigenvalue weighted by Gasteiger charge is 2.13. The lowest BCUT2D eigenvalue weighted by atomic mass is 10.2. The van der Waals surface area contributed by atoms with Crippen molar-refractivity contribution in [3.63, 3.8) is 0 Å². The molecule has 0 aliphatic rings. The Kier molecular flexibility index (Phi) is 4.47. The van der Waals surface area contributed by atoms with E-state index in [9.17, 15) is 9.18 Å². The maximum atomic E-state index is 13.0. The van der Waals surface area contributed by atoms with Gasteiger partial charge in [0.2, 0.25) is 5.13 Å². The molecule has 2 heterocycles. The Balaban J connectivity index is 1.53. The number of nitrogens with one attached hydrogen (secondary N) is 1. The van der Waals surface area contributed by atoms with Crippen LogP contribution >= 0.6 is 11.5 Å². The molecule has 0 bridgehead atoms. The summed E-state index contributed by atoms with van der Waals surface area (Å²) in [5.74, 6) is 0.439. The number of carbonyl (C=O) groups is 1. The lowest BCUT2D eigenvalue weighted by Gasteiger charge is -2.04. The van der Waals surface area contributed by atoms with Crippen LogP contribution < -0.4 is 10.1 Å². The van der Waals surface area contributed by atoms with E-state index in [4.69, 9.17) is 4.74 Å². The molecular formula is C19H13FN4O2S. The van der Waals surface area contributed by atoms with Crippen molar-refractivity contribution < 1.29 is 13.9 Å². The molecule has 0 aliphatic heterocycles. The van der Waals surface area contributed by atoms with Crippen LogP contribution in [0.5, 0.6) is 5.75 Å². The molecule has 27 heavy (non-hydrogen) atoms. The van der Waals surface area contributed by atoms with Crippen LogP contribution in [0.25, 0.3) is 22.3 Å². The molecule has 0 unspecified atom stereocenters. The molecule has 1 amide bonds. The summed E-state index contributed by atoms with van der Waals surface area (Å²) >= 11 is 1.05. The van der Waals surface area contributed by atoms with Crippen molar-refractivity contribution in [1.29, 1.82) is 0 Å². The minimum atomic E-state index is -0.380. The number of fused-ring (bicyclic) bond motifs is 1. The van der Waals surface area contributed by atoms with Crippen molar-refractivity contribution in [3.05, 3.63) is 66.1 Å². The number of anilines is 1. The molecule has 6 nitrogen and oxygen atoms in total. The van der Waals surface area contributed by atoms with E-state index in [1.807, 2.05) is 12.1 Å². The first-order chi connectivity index (χ1) is 13.1. The standard InChI is InChI=1S/C19H13FN4O2S/c1-26-14-7-9-15-12(10-14)4-8-16(21-15)18(25)23-19-22-17(24-27-19)11-2-5-13(20)6-3-11/h2-10H,1H3,(H,22,23,24,25). The number of aromatic nitrogens is 3. The largest absolute Gasteiger partial charge is 0.497 e. The highest BCUT2D eigenvalue weighted by molar-refractivity contribution is 7.10. The van der Waals surface area contributed by atoms with Crippen molar-refractivity contribution >= 4 is 33.5 Å². The van der Waals surface area contributed by atoms with E-state index in [1.54, 1.807) is 37.4 Å². The second-order valence-corrected chi connectivity index (χ2v) is 6.39. The Bertz CT molecular complexity index is 1130. The lowest BCUT2D eigenvalue weighted by Crippen LogP contribution is -2.13. The van der Waals surface area contributed by atoms with Crippen LogP contribution in [-0.4, -0.2) is 27.4 Å². The Morgan fingerprint density at radius 1 is 1.07 bits per heavy atom. The van der Waals surface area contributed by atoms with Crippen LogP contribution in [0.4, 0.5) is 9.52 Å². The summed E-state index contributed by atoms with van der Waals surface area (Å²) in [5, 5.41) is 3.91. The third-order valence-corrected chi connectivity index (χ3v) is 4.51. The van der Waals surface area contributed by atoms with E-state index >= 15 is 0 Å². The topological polar surface area (TPSA) is 77.0 Å². The summed E-state index contributed by atoms with van der Waals surface area (Å²) in [6, 6.07) is 14.7. The van der Waals surface area contributed by atoms with Crippen molar-refractivity contribution in [1.82, 2.24) is 14.3 Å². The van der Waals surface area contributed by atoms with Gasteiger partial charge >= 0.3 is 0 Å². The number of ether oxygens (including phenoxy) is 1. The molecule has 0 atom stereocenters. The zero-order valence-corrected chi connectivity index (χ0v) is 15.0. The summed E-state index contributed by atoms with van der Waals surface area (Å²) < 4.78 is 22.4. The van der Waals surface area contributed by atoms with Gasteiger partial charge in [-0.15, -0.1) is 0 Å². The van der Waals surface area contributed by atoms with E-state index in [0.717, 1.165) is 22.7 Å². The molecule has 8 heteroatoms. The molecule has 2 aromatic carbocycles. The average Bonchev–Trinajstić information content (AvgIpc) is 3.16. The highest BCUT2D eigenvalue weighted by atomic mass is 32.1. The molecule has 0 radical (unpaired) electrons. The molecule has 4 aromatic rings. The number of hydrogen-bond acceptors (Lipinski definition) is 6. The van der Waals surface area contributed by atoms with Gasteiger partial charge in [-0.3, -0.25) is 10.1 Å². The quantitative estimate of drug-likeness (QED) is 0.575. The SMILES string of the molecule is COc1ccc2nc(C(=O)Nc3nc(-c4ccc(F)cc4)ns3)ccc2c1. The smallest absolute Gasteiger partial charge is 0.276 e. The van der Waals surface area contributed by atoms with Crippen molar-refractivity contribution in [3.8, 4) is 17.1 Å². The van der Waals surface area contributed by atoms with Gasteiger partial charge in [-0.05, 0) is 48.5 Å². The van der Waals surface area contributed by atoms with E-state index in [0.29, 0.717) is 22.0 Å². The number of carbonyl (C=O) groups excluding carboxylic acids is 1. The second kappa shape index (κ2) is 7.08. The zero-order valence-electron chi connectivity index (χ0n) is 14.1. The van der Waals surface area contributed by atoms with Crippen molar-refractivity contribution in [2.24, 2.45) is 0 Å². The molecule has 0 spiro atoms. The fraction of sp³-hybridized carbons (Fsp3) is 0.0526. The van der Waals surface area contributed by atoms with Gasteiger partial charge in [0, 0.05) is 22.5 Å². The first kappa shape index (κ1) is 17.0. The van der Waals surface area contributed by atoms with Crippen LogP contribution in [0.15, 0.2) is 54.6 Å². The third-order valence-electron chi connectivity index (χ3n) is 3.88. The number of pyridine rings is 1. The van der Waals surface area contributed by atoms with Crippen LogP contribution in [-0.2, 0) is 0 Å². The Hall–Kier alpha value is -3.39. The maximum absolute atomic E-state index is 13.0. The summed E-state index contributed by atoms with van der Waals surface area (Å²) in [4.78, 5) is 21.1. The van der Waals surface area contributed by atoms with Crippen LogP contribution in [0.3, 0.4) is 0 Å². The van der Waals surface area contributed by atoms with Crippen LogP contribution in [0, 0.1) is 5.82 Å². The van der Waals surface area contributed by atoms with Crippen molar-refractivity contribution in [2.45, 2.75) is 0 Å². The Morgan fingerprint density at radius 3 is 2.67 bits per heavy atom. The van der Waals surface area contributed by atoms with Gasteiger partial charge in [0.05, 0.1) is 12.6 Å². The molecule has 0 aliphatic carbocycles. The van der Waals surface area contributed by atoms with Gasteiger partial charge in [0.25, 0.3) is 5.91 Å². The number of hydrogen-bond donors (Lipinski definition) is 1. The average molecular weight is 380 g/mol. The van der Waals surface area contributed by atoms with Gasteiger partial charge < -0.3 is 4.74 Å². The van der Waals surface area contributed by atoms with Gasteiger partial charge in [-0.25, -0.2) is 9.37 Å². The summed E-state index contributed by atoms with van der Waals surface area (Å²) in [5.41, 5.74) is 1.63. The minimum Gasteiger partial charge on any atom is -0.497 e. The predicted octanol–water partition coefficient (Wildman–Crippen LogP) is 4.15. The molecule has 2 aromatic heterocycles. The fourth-order valence-corrected chi connectivity index (χ4v) is 3.09. The first-order valence-corrected chi connectivity index (χ1v) is 8.75. The summed E-state index contributed by atoms with van der Waals surface area (Å²) in [6.07, 6.45) is 0. The molecular weight excluding hydrogens is 367 g/mol. The molecule has 0 saturated heterocycles. The molecule has 1 N–H and O–H groups in total. The number of benzene rings is 2. The number of halogens is 1. The summed E-state index contributed by atoms with van der Waals surface area (Å²) in [6.45, 7) is 0.